The molecule has 0 N–H and O–H groups in total. The van der Waals surface area contributed by atoms with E-state index in [0.29, 0.717) is 11.8 Å². The Balaban J connectivity index is 3.92. The topological polar surface area (TPSA) is 20.3 Å². The summed E-state index contributed by atoms with van der Waals surface area (Å²) in [5.41, 5.74) is 5.25. The molecule has 0 aromatic heterocycles. The zero-order valence-electron chi connectivity index (χ0n) is 17.9. The number of rotatable bonds is 4. The third kappa shape index (κ3) is 4.13. The van der Waals surface area contributed by atoms with Crippen LogP contribution in [0.15, 0.2) is 22.3 Å². The average Bonchev–Trinajstić information content (AvgIpc) is 2.51. The first-order valence-corrected chi connectivity index (χ1v) is 9.59. The Kier molecular flexibility index (Phi) is 6.52. The second kappa shape index (κ2) is 7.45. The highest BCUT2D eigenvalue weighted by molar-refractivity contribution is 5.96. The number of carbonyl (C=O) groups excluding carboxylic acids is 1. The molecule has 0 saturated carbocycles. The zero-order valence-corrected chi connectivity index (χ0v) is 17.9. The van der Waals surface area contributed by atoms with Crippen LogP contribution in [0.4, 0.5) is 0 Å². The second-order valence-corrected chi connectivity index (χ2v) is 9.46. The molecule has 0 atom stereocenters. The highest BCUT2D eigenvalue weighted by Crippen LogP contribution is 2.42. The first-order valence-electron chi connectivity index (χ1n) is 9.59. The molecule has 0 bridgehead atoms. The number of hydrogen-bond acceptors (Lipinski definition) is 1. The van der Waals surface area contributed by atoms with E-state index in [4.69, 9.17) is 0 Å². The minimum absolute atomic E-state index is 0.0552. The van der Waals surface area contributed by atoms with Gasteiger partial charge in [0.15, 0.2) is 0 Å². The molecule has 24 heavy (non-hydrogen) atoms. The van der Waals surface area contributed by atoms with Crippen molar-refractivity contribution >= 4 is 5.91 Å². The van der Waals surface area contributed by atoms with Crippen molar-refractivity contribution in [3.8, 4) is 0 Å². The molecule has 1 heterocycles. The molecule has 0 aromatic rings. The molecule has 0 unspecified atom stereocenters. The lowest BCUT2D eigenvalue weighted by Gasteiger charge is -2.34. The van der Waals surface area contributed by atoms with E-state index in [1.165, 1.54) is 16.7 Å². The normalized spacial score (nSPS) is 18.0. The summed E-state index contributed by atoms with van der Waals surface area (Å²) < 4.78 is 0. The summed E-state index contributed by atoms with van der Waals surface area (Å²) in [6.07, 6.45) is 0. The van der Waals surface area contributed by atoms with E-state index in [1.807, 2.05) is 0 Å². The summed E-state index contributed by atoms with van der Waals surface area (Å²) in [4.78, 5) is 15.5. The van der Waals surface area contributed by atoms with Gasteiger partial charge in [-0.2, -0.15) is 0 Å². The summed E-state index contributed by atoms with van der Waals surface area (Å²) in [7, 11) is 0. The molecule has 0 fully saturated rings. The fraction of sp³-hybridized carbons (Fsp3) is 0.773. The summed E-state index contributed by atoms with van der Waals surface area (Å²) in [5, 5.41) is 0. The quantitative estimate of drug-likeness (QED) is 0.632. The maximum absolute atomic E-state index is 13.4. The number of amides is 1. The summed E-state index contributed by atoms with van der Waals surface area (Å²) in [5.74, 6) is 1.25. The Hall–Kier alpha value is -1.05. The second-order valence-electron chi connectivity index (χ2n) is 9.46. The van der Waals surface area contributed by atoms with E-state index in [9.17, 15) is 4.79 Å². The fourth-order valence-corrected chi connectivity index (χ4v) is 3.80. The summed E-state index contributed by atoms with van der Waals surface area (Å²) >= 11 is 0. The lowest BCUT2D eigenvalue weighted by Crippen LogP contribution is -2.41. The maximum atomic E-state index is 13.4. The highest BCUT2D eigenvalue weighted by atomic mass is 16.2. The number of hydrogen-bond donors (Lipinski definition) is 0. The highest BCUT2D eigenvalue weighted by Gasteiger charge is 2.37. The lowest BCUT2D eigenvalue weighted by molar-refractivity contribution is -0.128. The molecular formula is C22H39NO. The van der Waals surface area contributed by atoms with Crippen LogP contribution in [0.1, 0.15) is 76.2 Å². The molecule has 1 aliphatic heterocycles. The smallest absolute Gasteiger partial charge is 0.250 e. The molecule has 0 aromatic carbocycles. The van der Waals surface area contributed by atoms with Crippen molar-refractivity contribution in [1.82, 2.24) is 4.90 Å². The summed E-state index contributed by atoms with van der Waals surface area (Å²) in [6, 6.07) is 0.212. The largest absolute Gasteiger partial charge is 0.332 e. The van der Waals surface area contributed by atoms with Gasteiger partial charge in [-0.25, -0.2) is 0 Å². The maximum Gasteiger partial charge on any atom is 0.250 e. The van der Waals surface area contributed by atoms with Crippen LogP contribution in [0, 0.1) is 23.2 Å². The van der Waals surface area contributed by atoms with E-state index in [-0.39, 0.29) is 23.3 Å². The van der Waals surface area contributed by atoms with Crippen LogP contribution in [0.2, 0.25) is 0 Å². The van der Waals surface area contributed by atoms with Crippen molar-refractivity contribution in [2.24, 2.45) is 23.2 Å². The third-order valence-corrected chi connectivity index (χ3v) is 4.99. The Morgan fingerprint density at radius 1 is 0.750 bits per heavy atom. The Morgan fingerprint density at radius 3 is 1.46 bits per heavy atom. The van der Waals surface area contributed by atoms with E-state index in [0.717, 1.165) is 12.1 Å². The van der Waals surface area contributed by atoms with Crippen LogP contribution in [-0.4, -0.2) is 23.4 Å². The number of allylic oxidation sites excluding steroid dienone is 2. The molecule has 2 heteroatoms. The number of carbonyl (C=O) groups is 1. The van der Waals surface area contributed by atoms with E-state index >= 15 is 0 Å². The molecule has 0 spiro atoms. The van der Waals surface area contributed by atoms with Gasteiger partial charge in [0.2, 0.25) is 0 Å². The fourth-order valence-electron chi connectivity index (χ4n) is 3.80. The molecule has 1 aliphatic rings. The first kappa shape index (κ1) is 21.0. The van der Waals surface area contributed by atoms with Gasteiger partial charge in [-0.05, 0) is 53.7 Å². The Labute approximate surface area is 150 Å². The zero-order chi connectivity index (χ0) is 19.0. The van der Waals surface area contributed by atoms with Gasteiger partial charge in [0.1, 0.15) is 0 Å². The number of nitrogens with zero attached hydrogens (tertiary/aromatic N) is 1. The van der Waals surface area contributed by atoms with Crippen LogP contribution < -0.4 is 0 Å². The standard InChI is InChI=1S/C22H39NO/c1-13(2)18-17(22(9,10)11)12-23(16(7)8)21(24)20(15(5)6)19(18)14(3)4/h13-16H,12H2,1-11H3. The van der Waals surface area contributed by atoms with Crippen LogP contribution in [0.5, 0.6) is 0 Å². The third-order valence-electron chi connectivity index (χ3n) is 4.99. The first-order chi connectivity index (χ1) is 10.8. The Bertz CT molecular complexity index is 539. The minimum atomic E-state index is 0.0552. The van der Waals surface area contributed by atoms with E-state index in [2.05, 4.69) is 81.1 Å². The van der Waals surface area contributed by atoms with Gasteiger partial charge in [-0.3, -0.25) is 4.79 Å². The van der Waals surface area contributed by atoms with Crippen LogP contribution in [0.3, 0.4) is 0 Å². The molecule has 0 saturated heterocycles. The van der Waals surface area contributed by atoms with Crippen LogP contribution in [0.25, 0.3) is 0 Å². The van der Waals surface area contributed by atoms with Crippen molar-refractivity contribution in [3.63, 3.8) is 0 Å². The van der Waals surface area contributed by atoms with Gasteiger partial charge in [-0.1, -0.05) is 62.3 Å². The predicted octanol–water partition coefficient (Wildman–Crippen LogP) is 5.84. The van der Waals surface area contributed by atoms with Gasteiger partial charge in [-0.15, -0.1) is 0 Å². The Morgan fingerprint density at radius 2 is 1.17 bits per heavy atom. The van der Waals surface area contributed by atoms with Gasteiger partial charge in [0.05, 0.1) is 0 Å². The molecule has 0 radical (unpaired) electrons. The molecule has 138 valence electrons. The van der Waals surface area contributed by atoms with E-state index < -0.39 is 0 Å². The SMILES string of the molecule is CC(C)C1=C(C(C)C)C(C(C)C)=C(C(C)(C)C)CN(C(C)C)C1=O. The van der Waals surface area contributed by atoms with Gasteiger partial charge in [0.25, 0.3) is 5.91 Å². The molecule has 0 aliphatic carbocycles. The van der Waals surface area contributed by atoms with Gasteiger partial charge >= 0.3 is 0 Å². The van der Waals surface area contributed by atoms with Crippen molar-refractivity contribution in [2.75, 3.05) is 6.54 Å². The lowest BCUT2D eigenvalue weighted by atomic mass is 9.74. The molecular weight excluding hydrogens is 294 g/mol. The summed E-state index contributed by atoms with van der Waals surface area (Å²) in [6.45, 7) is 25.2. The molecule has 1 amide bonds. The van der Waals surface area contributed by atoms with E-state index in [1.54, 1.807) is 0 Å². The minimum Gasteiger partial charge on any atom is -0.332 e. The van der Waals surface area contributed by atoms with Gasteiger partial charge < -0.3 is 4.90 Å². The van der Waals surface area contributed by atoms with Crippen LogP contribution in [-0.2, 0) is 4.79 Å². The monoisotopic (exact) mass is 333 g/mol. The van der Waals surface area contributed by atoms with Crippen LogP contribution >= 0.6 is 0 Å². The van der Waals surface area contributed by atoms with Gasteiger partial charge in [0, 0.05) is 18.2 Å². The van der Waals surface area contributed by atoms with Crippen molar-refractivity contribution < 1.29 is 4.79 Å². The van der Waals surface area contributed by atoms with Crippen molar-refractivity contribution in [1.29, 1.82) is 0 Å². The molecule has 1 rings (SSSR count). The van der Waals surface area contributed by atoms with Crippen molar-refractivity contribution in [3.05, 3.63) is 22.3 Å². The predicted molar refractivity (Wildman–Crippen MR) is 105 cm³/mol. The van der Waals surface area contributed by atoms with Crippen molar-refractivity contribution in [2.45, 2.75) is 82.2 Å². The molecule has 2 nitrogen and oxygen atoms in total. The average molecular weight is 334 g/mol.